The van der Waals surface area contributed by atoms with Gasteiger partial charge in [0.25, 0.3) is 0 Å². The summed E-state index contributed by atoms with van der Waals surface area (Å²) in [6.07, 6.45) is 6.47. The van der Waals surface area contributed by atoms with E-state index < -0.39 is 0 Å². The van der Waals surface area contributed by atoms with Crippen molar-refractivity contribution < 1.29 is 0 Å². The van der Waals surface area contributed by atoms with Gasteiger partial charge in [-0.3, -0.25) is 0 Å². The smallest absolute Gasteiger partial charge is 0.0541 e. The lowest BCUT2D eigenvalue weighted by atomic mass is 9.80. The van der Waals surface area contributed by atoms with Gasteiger partial charge in [-0.1, -0.05) is 177 Å². The van der Waals surface area contributed by atoms with Gasteiger partial charge in [0.05, 0.1) is 17.1 Å². The van der Waals surface area contributed by atoms with Crippen LogP contribution in [0, 0.1) is 0 Å². The summed E-state index contributed by atoms with van der Waals surface area (Å²) in [6.45, 7) is 0. The first-order chi connectivity index (χ1) is 30.3. The van der Waals surface area contributed by atoms with Crippen LogP contribution in [0.25, 0.3) is 84.5 Å². The minimum Gasteiger partial charge on any atom is -0.309 e. The molecule has 0 amide bonds. The van der Waals surface area contributed by atoms with Crippen LogP contribution in [0.4, 0.5) is 17.1 Å². The van der Waals surface area contributed by atoms with E-state index in [1.807, 2.05) is 22.7 Å². The zero-order chi connectivity index (χ0) is 40.3. The standard InChI is InChI=1S/C58H43NS2/c1-2-18-38(19-3-1)40-27-14-20-39-21-15-28-45(56(39)40)41-22-4-9-32-50(41)59(51-33-10-5-23-42(51)46-29-17-37-55-57(46)49-26-8-13-36-54(49)60-55)52-34-11-6-24-43(52)47-30-16-31-48-44-25-7-12-35-53(44)61-58(47)48/h4-17,20-38H,1-3,18-19H2. The van der Waals surface area contributed by atoms with Gasteiger partial charge < -0.3 is 4.90 Å². The average molecular weight is 818 g/mol. The van der Waals surface area contributed by atoms with E-state index in [0.717, 1.165) is 11.4 Å². The molecule has 11 aromatic rings. The number of hydrogen-bond acceptors (Lipinski definition) is 3. The van der Waals surface area contributed by atoms with Crippen LogP contribution in [-0.4, -0.2) is 0 Å². The quantitative estimate of drug-likeness (QED) is 0.155. The number of thiophene rings is 2. The van der Waals surface area contributed by atoms with Gasteiger partial charge in [-0.05, 0) is 82.6 Å². The summed E-state index contributed by atoms with van der Waals surface area (Å²) in [5, 5.41) is 7.96. The Hall–Kier alpha value is -6.52. The molecule has 1 aliphatic carbocycles. The van der Waals surface area contributed by atoms with Crippen molar-refractivity contribution in [1.82, 2.24) is 0 Å². The molecule has 1 fully saturated rings. The molecular formula is C58H43NS2. The molecule has 0 spiro atoms. The van der Waals surface area contributed by atoms with Gasteiger partial charge in [0.1, 0.15) is 0 Å². The number of fused-ring (bicyclic) bond motifs is 7. The van der Waals surface area contributed by atoms with Crippen LogP contribution in [0.1, 0.15) is 43.6 Å². The van der Waals surface area contributed by atoms with E-state index in [9.17, 15) is 0 Å². The molecule has 61 heavy (non-hydrogen) atoms. The van der Waals surface area contributed by atoms with Crippen LogP contribution >= 0.6 is 22.7 Å². The number of hydrogen-bond donors (Lipinski definition) is 0. The molecule has 0 aliphatic heterocycles. The van der Waals surface area contributed by atoms with Crippen LogP contribution in [0.5, 0.6) is 0 Å². The van der Waals surface area contributed by atoms with Gasteiger partial charge in [-0.15, -0.1) is 22.7 Å². The van der Waals surface area contributed by atoms with Gasteiger partial charge in [-0.25, -0.2) is 0 Å². The zero-order valence-electron chi connectivity index (χ0n) is 33.9. The number of rotatable bonds is 7. The zero-order valence-corrected chi connectivity index (χ0v) is 35.5. The van der Waals surface area contributed by atoms with E-state index in [-0.39, 0.29) is 0 Å². The molecule has 292 valence electrons. The van der Waals surface area contributed by atoms with Crippen molar-refractivity contribution in [2.45, 2.75) is 38.0 Å². The molecule has 1 nitrogen and oxygen atoms in total. The van der Waals surface area contributed by atoms with Crippen LogP contribution in [0.2, 0.25) is 0 Å². The van der Waals surface area contributed by atoms with Crippen LogP contribution in [0.3, 0.4) is 0 Å². The lowest BCUT2D eigenvalue weighted by Gasteiger charge is -2.32. The van der Waals surface area contributed by atoms with E-state index in [1.54, 1.807) is 0 Å². The fourth-order valence-corrected chi connectivity index (χ4v) is 12.7. The Balaban J connectivity index is 1.16. The summed E-state index contributed by atoms with van der Waals surface area (Å²) in [5.74, 6) is 0.575. The van der Waals surface area contributed by atoms with Gasteiger partial charge in [0.2, 0.25) is 0 Å². The molecule has 2 heterocycles. The fraction of sp³-hybridized carbons (Fsp3) is 0.103. The lowest BCUT2D eigenvalue weighted by molar-refractivity contribution is 0.445. The summed E-state index contributed by atoms with van der Waals surface area (Å²) in [6, 6.07) is 72.8. The number of para-hydroxylation sites is 3. The summed E-state index contributed by atoms with van der Waals surface area (Å²) < 4.78 is 5.26. The summed E-state index contributed by atoms with van der Waals surface area (Å²) in [7, 11) is 0. The van der Waals surface area contributed by atoms with E-state index in [4.69, 9.17) is 0 Å². The van der Waals surface area contributed by atoms with E-state index in [1.165, 1.54) is 128 Å². The van der Waals surface area contributed by atoms with Gasteiger partial charge in [-0.2, -0.15) is 0 Å². The van der Waals surface area contributed by atoms with E-state index >= 15 is 0 Å². The Labute approximate surface area is 364 Å². The molecule has 3 heteroatoms. The number of nitrogens with zero attached hydrogens (tertiary/aromatic N) is 1. The summed E-state index contributed by atoms with van der Waals surface area (Å²) >= 11 is 3.78. The molecule has 1 aliphatic rings. The van der Waals surface area contributed by atoms with Gasteiger partial charge >= 0.3 is 0 Å². The summed E-state index contributed by atoms with van der Waals surface area (Å²) in [4.78, 5) is 2.58. The Kier molecular flexibility index (Phi) is 9.05. The molecule has 0 unspecified atom stereocenters. The first-order valence-electron chi connectivity index (χ1n) is 21.7. The molecular weight excluding hydrogens is 775 g/mol. The third kappa shape index (κ3) is 6.10. The molecule has 0 atom stereocenters. The average Bonchev–Trinajstić information content (AvgIpc) is 3.91. The van der Waals surface area contributed by atoms with Crippen molar-refractivity contribution in [2.75, 3.05) is 4.90 Å². The second-order valence-electron chi connectivity index (χ2n) is 16.5. The minimum absolute atomic E-state index is 0.575. The highest BCUT2D eigenvalue weighted by Crippen LogP contribution is 2.52. The van der Waals surface area contributed by atoms with Crippen molar-refractivity contribution in [3.05, 3.63) is 200 Å². The molecule has 12 rings (SSSR count). The maximum atomic E-state index is 2.58. The van der Waals surface area contributed by atoms with Crippen molar-refractivity contribution in [2.24, 2.45) is 0 Å². The molecule has 1 saturated carbocycles. The predicted molar refractivity (Wildman–Crippen MR) is 267 cm³/mol. The molecule has 2 aromatic heterocycles. The second kappa shape index (κ2) is 15.2. The maximum Gasteiger partial charge on any atom is 0.0541 e. The third-order valence-corrected chi connectivity index (χ3v) is 15.5. The lowest BCUT2D eigenvalue weighted by Crippen LogP contribution is -2.14. The van der Waals surface area contributed by atoms with Crippen LogP contribution in [0.15, 0.2) is 194 Å². The normalized spacial score (nSPS) is 13.5. The van der Waals surface area contributed by atoms with Crippen molar-refractivity contribution >= 4 is 90.9 Å². The van der Waals surface area contributed by atoms with Crippen LogP contribution in [-0.2, 0) is 0 Å². The van der Waals surface area contributed by atoms with Gasteiger partial charge in [0.15, 0.2) is 0 Å². The maximum absolute atomic E-state index is 2.58. The Bertz CT molecular complexity index is 3430. The molecule has 0 saturated heterocycles. The number of anilines is 3. The molecule has 9 aromatic carbocycles. The van der Waals surface area contributed by atoms with Crippen molar-refractivity contribution in [3.8, 4) is 33.4 Å². The number of benzene rings is 9. The highest BCUT2D eigenvalue weighted by molar-refractivity contribution is 7.26. The highest BCUT2D eigenvalue weighted by Gasteiger charge is 2.27. The Morgan fingerprint density at radius 2 is 0.820 bits per heavy atom. The first kappa shape index (κ1) is 36.3. The van der Waals surface area contributed by atoms with E-state index in [2.05, 4.69) is 199 Å². The fourth-order valence-electron chi connectivity index (χ4n) is 10.4. The van der Waals surface area contributed by atoms with Crippen molar-refractivity contribution in [3.63, 3.8) is 0 Å². The Morgan fingerprint density at radius 3 is 1.52 bits per heavy atom. The largest absolute Gasteiger partial charge is 0.309 e. The third-order valence-electron chi connectivity index (χ3n) is 13.1. The molecule has 0 radical (unpaired) electrons. The molecule has 0 N–H and O–H groups in total. The summed E-state index contributed by atoms with van der Waals surface area (Å²) in [5.41, 5.74) is 12.4. The van der Waals surface area contributed by atoms with E-state index in [0.29, 0.717) is 5.92 Å². The minimum atomic E-state index is 0.575. The predicted octanol–water partition coefficient (Wildman–Crippen LogP) is 18.1. The molecule has 0 bridgehead atoms. The monoisotopic (exact) mass is 817 g/mol. The van der Waals surface area contributed by atoms with Crippen LogP contribution < -0.4 is 4.90 Å². The van der Waals surface area contributed by atoms with Crippen molar-refractivity contribution in [1.29, 1.82) is 0 Å². The second-order valence-corrected chi connectivity index (χ2v) is 18.7. The van der Waals surface area contributed by atoms with Gasteiger partial charge in [0, 0.05) is 62.6 Å². The highest BCUT2D eigenvalue weighted by atomic mass is 32.1. The topological polar surface area (TPSA) is 3.24 Å². The SMILES string of the molecule is c1ccc(N(c2ccccc2-c2cccc3cccc(C4CCCCC4)c23)c2ccccc2-c2cccc3sc4ccccc4c23)c(-c2cccc3c2sc2ccccc23)c1. The Morgan fingerprint density at radius 1 is 0.344 bits per heavy atom. The first-order valence-corrected chi connectivity index (χ1v) is 23.3.